The van der Waals surface area contributed by atoms with Gasteiger partial charge >= 0.3 is 0 Å². The maximum Gasteiger partial charge on any atom is 0.245 e. The Balaban J connectivity index is 1.62. The number of carbonyl (C=O) groups excluding carboxylic acids is 1. The van der Waals surface area contributed by atoms with Crippen LogP contribution in [-0.4, -0.2) is 24.0 Å². The quantitative estimate of drug-likeness (QED) is 0.911. The van der Waals surface area contributed by atoms with Gasteiger partial charge in [-0.3, -0.25) is 4.79 Å². The lowest BCUT2D eigenvalue weighted by molar-refractivity contribution is -0.117. The van der Waals surface area contributed by atoms with Crippen molar-refractivity contribution in [1.82, 2.24) is 4.98 Å². The summed E-state index contributed by atoms with van der Waals surface area (Å²) in [4.78, 5) is 19.0. The van der Waals surface area contributed by atoms with E-state index in [1.54, 1.807) is 6.20 Å². The average molecular weight is 310 g/mol. The highest BCUT2D eigenvalue weighted by Gasteiger charge is 2.16. The van der Waals surface area contributed by atoms with E-state index < -0.39 is 6.04 Å². The summed E-state index contributed by atoms with van der Waals surface area (Å²) in [5.41, 5.74) is 7.46. The van der Waals surface area contributed by atoms with Gasteiger partial charge in [0.15, 0.2) is 0 Å². The summed E-state index contributed by atoms with van der Waals surface area (Å²) in [7, 11) is 0. The molecule has 1 atom stereocenters. The van der Waals surface area contributed by atoms with Gasteiger partial charge in [0.1, 0.15) is 11.9 Å². The van der Waals surface area contributed by atoms with Gasteiger partial charge in [0.25, 0.3) is 0 Å². The number of amides is 1. The highest BCUT2D eigenvalue weighted by Crippen LogP contribution is 2.19. The SMILES string of the molecule is NC(C(=O)Nc1ccc(N2CCCCC2)nc1)c1ccccc1. The molecule has 1 fully saturated rings. The number of hydrogen-bond acceptors (Lipinski definition) is 4. The Labute approximate surface area is 136 Å². The van der Waals surface area contributed by atoms with Crippen LogP contribution < -0.4 is 16.0 Å². The van der Waals surface area contributed by atoms with Crippen molar-refractivity contribution in [3.8, 4) is 0 Å². The van der Waals surface area contributed by atoms with Crippen LogP contribution in [0.25, 0.3) is 0 Å². The Morgan fingerprint density at radius 3 is 2.48 bits per heavy atom. The lowest BCUT2D eigenvalue weighted by Crippen LogP contribution is -2.30. The lowest BCUT2D eigenvalue weighted by atomic mass is 10.1. The number of anilines is 2. The van der Waals surface area contributed by atoms with E-state index in [1.165, 1.54) is 19.3 Å². The van der Waals surface area contributed by atoms with Crippen LogP contribution in [-0.2, 0) is 4.79 Å². The second-order valence-corrected chi connectivity index (χ2v) is 5.83. The molecular formula is C18H22N4O. The van der Waals surface area contributed by atoms with Crippen molar-refractivity contribution in [2.24, 2.45) is 5.73 Å². The number of pyridine rings is 1. The molecule has 3 N–H and O–H groups in total. The van der Waals surface area contributed by atoms with Crippen LogP contribution >= 0.6 is 0 Å². The van der Waals surface area contributed by atoms with Gasteiger partial charge in [0.05, 0.1) is 11.9 Å². The Morgan fingerprint density at radius 2 is 1.83 bits per heavy atom. The summed E-state index contributed by atoms with van der Waals surface area (Å²) >= 11 is 0. The van der Waals surface area contributed by atoms with Crippen molar-refractivity contribution in [2.75, 3.05) is 23.3 Å². The van der Waals surface area contributed by atoms with Crippen molar-refractivity contribution >= 4 is 17.4 Å². The standard InChI is InChI=1S/C18H22N4O/c19-17(14-7-3-1-4-8-14)18(23)21-15-9-10-16(20-13-15)22-11-5-2-6-12-22/h1,3-4,7-10,13,17H,2,5-6,11-12,19H2,(H,21,23). The number of benzene rings is 1. The first-order valence-corrected chi connectivity index (χ1v) is 8.06. The molecule has 1 saturated heterocycles. The summed E-state index contributed by atoms with van der Waals surface area (Å²) in [6.45, 7) is 2.11. The van der Waals surface area contributed by atoms with E-state index in [9.17, 15) is 4.79 Å². The minimum absolute atomic E-state index is 0.233. The molecule has 1 amide bonds. The summed E-state index contributed by atoms with van der Waals surface area (Å²) in [5.74, 6) is 0.735. The number of hydrogen-bond donors (Lipinski definition) is 2. The fourth-order valence-electron chi connectivity index (χ4n) is 2.80. The third-order valence-electron chi connectivity index (χ3n) is 4.14. The molecule has 0 bridgehead atoms. The number of nitrogens with two attached hydrogens (primary N) is 1. The molecule has 0 aliphatic carbocycles. The Bertz CT molecular complexity index is 636. The maximum absolute atomic E-state index is 12.2. The van der Waals surface area contributed by atoms with E-state index in [4.69, 9.17) is 5.73 Å². The van der Waals surface area contributed by atoms with Crippen molar-refractivity contribution in [3.63, 3.8) is 0 Å². The number of nitrogens with zero attached hydrogens (tertiary/aromatic N) is 2. The monoisotopic (exact) mass is 310 g/mol. The normalized spacial score (nSPS) is 16.0. The second kappa shape index (κ2) is 7.24. The molecule has 120 valence electrons. The number of carbonyl (C=O) groups is 1. The second-order valence-electron chi connectivity index (χ2n) is 5.83. The van der Waals surface area contributed by atoms with E-state index in [1.807, 2.05) is 42.5 Å². The van der Waals surface area contributed by atoms with Crippen molar-refractivity contribution in [3.05, 3.63) is 54.2 Å². The van der Waals surface area contributed by atoms with E-state index in [2.05, 4.69) is 15.2 Å². The summed E-state index contributed by atoms with van der Waals surface area (Å²) in [5, 5.41) is 2.83. The van der Waals surface area contributed by atoms with Crippen molar-refractivity contribution in [1.29, 1.82) is 0 Å². The summed E-state index contributed by atoms with van der Waals surface area (Å²) < 4.78 is 0. The number of piperidine rings is 1. The van der Waals surface area contributed by atoms with Crippen LogP contribution in [0.1, 0.15) is 30.9 Å². The van der Waals surface area contributed by atoms with E-state index >= 15 is 0 Å². The number of aromatic nitrogens is 1. The molecule has 0 spiro atoms. The molecular weight excluding hydrogens is 288 g/mol. The maximum atomic E-state index is 12.2. The van der Waals surface area contributed by atoms with Crippen LogP contribution in [0.2, 0.25) is 0 Å². The molecule has 5 nitrogen and oxygen atoms in total. The van der Waals surface area contributed by atoms with Crippen LogP contribution in [0.3, 0.4) is 0 Å². The first-order chi connectivity index (χ1) is 11.2. The van der Waals surface area contributed by atoms with Gasteiger partial charge in [-0.05, 0) is 37.0 Å². The Kier molecular flexibility index (Phi) is 4.88. The zero-order chi connectivity index (χ0) is 16.1. The smallest absolute Gasteiger partial charge is 0.245 e. The van der Waals surface area contributed by atoms with Crippen LogP contribution in [0.4, 0.5) is 11.5 Å². The van der Waals surface area contributed by atoms with E-state index in [0.29, 0.717) is 5.69 Å². The van der Waals surface area contributed by atoms with Crippen LogP contribution in [0.5, 0.6) is 0 Å². The third kappa shape index (κ3) is 3.87. The zero-order valence-electron chi connectivity index (χ0n) is 13.1. The minimum atomic E-state index is -0.682. The molecule has 1 aliphatic rings. The largest absolute Gasteiger partial charge is 0.357 e. The lowest BCUT2D eigenvalue weighted by Gasteiger charge is -2.27. The minimum Gasteiger partial charge on any atom is -0.357 e. The third-order valence-corrected chi connectivity index (χ3v) is 4.14. The topological polar surface area (TPSA) is 71.2 Å². The molecule has 23 heavy (non-hydrogen) atoms. The molecule has 1 aliphatic heterocycles. The fraction of sp³-hybridized carbons (Fsp3) is 0.333. The predicted octanol–water partition coefficient (Wildman–Crippen LogP) is 2.71. The fourth-order valence-corrected chi connectivity index (χ4v) is 2.80. The van der Waals surface area contributed by atoms with Gasteiger partial charge in [0.2, 0.25) is 5.91 Å². The van der Waals surface area contributed by atoms with Crippen molar-refractivity contribution < 1.29 is 4.79 Å². The molecule has 1 unspecified atom stereocenters. The molecule has 1 aromatic carbocycles. The molecule has 5 heteroatoms. The molecule has 1 aromatic heterocycles. The van der Waals surface area contributed by atoms with Crippen molar-refractivity contribution in [2.45, 2.75) is 25.3 Å². The summed E-state index contributed by atoms with van der Waals surface area (Å²) in [6, 6.07) is 12.5. The highest BCUT2D eigenvalue weighted by atomic mass is 16.2. The van der Waals surface area contributed by atoms with Gasteiger partial charge in [-0.1, -0.05) is 30.3 Å². The Morgan fingerprint density at radius 1 is 1.09 bits per heavy atom. The average Bonchev–Trinajstić information content (AvgIpc) is 2.63. The number of nitrogens with one attached hydrogen (secondary N) is 1. The van der Waals surface area contributed by atoms with E-state index in [-0.39, 0.29) is 5.91 Å². The van der Waals surface area contributed by atoms with Crippen LogP contribution in [0.15, 0.2) is 48.7 Å². The first kappa shape index (κ1) is 15.5. The highest BCUT2D eigenvalue weighted by molar-refractivity contribution is 5.95. The van der Waals surface area contributed by atoms with E-state index in [0.717, 1.165) is 24.5 Å². The Hall–Kier alpha value is -2.40. The number of rotatable bonds is 4. The van der Waals surface area contributed by atoms with Gasteiger partial charge in [0, 0.05) is 13.1 Å². The van der Waals surface area contributed by atoms with Gasteiger partial charge in [-0.15, -0.1) is 0 Å². The molecule has 0 saturated carbocycles. The molecule has 3 rings (SSSR count). The molecule has 2 heterocycles. The first-order valence-electron chi connectivity index (χ1n) is 8.06. The summed E-state index contributed by atoms with van der Waals surface area (Å²) in [6.07, 6.45) is 5.42. The molecule has 2 aromatic rings. The van der Waals surface area contributed by atoms with Crippen LogP contribution in [0, 0.1) is 0 Å². The van der Waals surface area contributed by atoms with Gasteiger partial charge in [-0.25, -0.2) is 4.98 Å². The molecule has 0 radical (unpaired) electrons. The van der Waals surface area contributed by atoms with Gasteiger partial charge in [-0.2, -0.15) is 0 Å². The predicted molar refractivity (Wildman–Crippen MR) is 92.3 cm³/mol. The zero-order valence-corrected chi connectivity index (χ0v) is 13.1. The van der Waals surface area contributed by atoms with Gasteiger partial charge < -0.3 is 16.0 Å².